The molecule has 3 aromatic rings. The van der Waals surface area contributed by atoms with Gasteiger partial charge < -0.3 is 15.4 Å². The van der Waals surface area contributed by atoms with Crippen LogP contribution in [0.5, 0.6) is 0 Å². The summed E-state index contributed by atoms with van der Waals surface area (Å²) in [5, 5.41) is 17.3. The Morgan fingerprint density at radius 2 is 2.21 bits per heavy atom. The van der Waals surface area contributed by atoms with Crippen molar-refractivity contribution >= 4 is 23.2 Å². The number of nitrogens with zero attached hydrogens (tertiary/aromatic N) is 4. The third kappa shape index (κ3) is 4.01. The monoisotopic (exact) mass is 401 g/mol. The van der Waals surface area contributed by atoms with Gasteiger partial charge in [-0.3, -0.25) is 5.10 Å². The number of hydrogen-bond donors (Lipinski definition) is 3. The first-order valence-corrected chi connectivity index (χ1v) is 9.65. The van der Waals surface area contributed by atoms with Crippen molar-refractivity contribution in [2.75, 3.05) is 5.32 Å². The molecular formula is C19H24FN7O2. The van der Waals surface area contributed by atoms with Gasteiger partial charge in [0.15, 0.2) is 11.6 Å². The molecular weight excluding hydrogens is 377 g/mol. The van der Waals surface area contributed by atoms with Crippen LogP contribution < -0.4 is 10.6 Å². The van der Waals surface area contributed by atoms with Crippen molar-refractivity contribution in [2.24, 2.45) is 0 Å². The van der Waals surface area contributed by atoms with E-state index in [0.29, 0.717) is 30.2 Å². The van der Waals surface area contributed by atoms with Gasteiger partial charge in [-0.2, -0.15) is 10.2 Å². The number of carbonyl (C=O) groups is 1. The van der Waals surface area contributed by atoms with E-state index in [0.717, 1.165) is 11.2 Å². The maximum atomic E-state index is 14.9. The number of aromatic amines is 1. The van der Waals surface area contributed by atoms with E-state index in [9.17, 15) is 9.18 Å². The van der Waals surface area contributed by atoms with E-state index in [1.54, 1.807) is 23.0 Å². The number of aromatic nitrogens is 5. The SMILES string of the molecule is Cc1cc2c(Nc3cc([C@@H]4CC[C@H](OC(=O)NC(C)C)[C@@H]4F)[nH]n3)nccn2n1. The van der Waals surface area contributed by atoms with Gasteiger partial charge in [0.1, 0.15) is 17.8 Å². The molecule has 9 nitrogen and oxygen atoms in total. The number of amides is 1. The number of aryl methyl sites for hydroxylation is 1. The predicted molar refractivity (Wildman–Crippen MR) is 105 cm³/mol. The topological polar surface area (TPSA) is 109 Å². The van der Waals surface area contributed by atoms with Crippen molar-refractivity contribution in [1.29, 1.82) is 0 Å². The summed E-state index contributed by atoms with van der Waals surface area (Å²) in [5.74, 6) is 0.741. The summed E-state index contributed by atoms with van der Waals surface area (Å²) in [7, 11) is 0. The zero-order chi connectivity index (χ0) is 20.5. The van der Waals surface area contributed by atoms with Crippen molar-refractivity contribution in [1.82, 2.24) is 30.1 Å². The van der Waals surface area contributed by atoms with Gasteiger partial charge in [0.25, 0.3) is 0 Å². The summed E-state index contributed by atoms with van der Waals surface area (Å²) in [4.78, 5) is 16.1. The van der Waals surface area contributed by atoms with E-state index in [1.807, 2.05) is 26.8 Å². The summed E-state index contributed by atoms with van der Waals surface area (Å²) >= 11 is 0. The Hall–Kier alpha value is -3.17. The molecule has 4 rings (SSSR count). The second-order valence-electron chi connectivity index (χ2n) is 7.60. The lowest BCUT2D eigenvalue weighted by Crippen LogP contribution is -2.36. The summed E-state index contributed by atoms with van der Waals surface area (Å²) < 4.78 is 21.9. The van der Waals surface area contributed by atoms with Gasteiger partial charge >= 0.3 is 6.09 Å². The second kappa shape index (κ2) is 7.69. The number of fused-ring (bicyclic) bond motifs is 1. The van der Waals surface area contributed by atoms with Crippen LogP contribution in [0.2, 0.25) is 0 Å². The molecule has 0 radical (unpaired) electrons. The largest absolute Gasteiger partial charge is 0.443 e. The quantitative estimate of drug-likeness (QED) is 0.606. The van der Waals surface area contributed by atoms with Gasteiger partial charge in [0, 0.05) is 36.1 Å². The number of H-pyrrole nitrogens is 1. The van der Waals surface area contributed by atoms with Crippen molar-refractivity contribution < 1.29 is 13.9 Å². The molecule has 1 aliphatic carbocycles. The summed E-state index contributed by atoms with van der Waals surface area (Å²) in [6, 6.07) is 3.63. The molecule has 0 saturated heterocycles. The van der Waals surface area contributed by atoms with Crippen LogP contribution >= 0.6 is 0 Å². The zero-order valence-electron chi connectivity index (χ0n) is 16.5. The van der Waals surface area contributed by atoms with Gasteiger partial charge in [0.2, 0.25) is 0 Å². The molecule has 1 saturated carbocycles. The van der Waals surface area contributed by atoms with Crippen molar-refractivity contribution in [3.05, 3.63) is 35.9 Å². The molecule has 3 heterocycles. The molecule has 29 heavy (non-hydrogen) atoms. The minimum atomic E-state index is -1.29. The first kappa shape index (κ1) is 19.2. The molecule has 3 aromatic heterocycles. The van der Waals surface area contributed by atoms with Gasteiger partial charge in [0.05, 0.1) is 5.69 Å². The molecule has 0 unspecified atom stereocenters. The first-order chi connectivity index (χ1) is 13.9. The van der Waals surface area contributed by atoms with Gasteiger partial charge in [-0.05, 0) is 39.7 Å². The number of halogens is 1. The van der Waals surface area contributed by atoms with Crippen LogP contribution in [0.25, 0.3) is 5.52 Å². The Labute approximate surface area is 167 Å². The minimum Gasteiger partial charge on any atom is -0.443 e. The van der Waals surface area contributed by atoms with E-state index >= 15 is 0 Å². The molecule has 3 N–H and O–H groups in total. The molecule has 1 fully saturated rings. The Morgan fingerprint density at radius 1 is 1.38 bits per heavy atom. The number of nitrogens with one attached hydrogen (secondary N) is 3. The van der Waals surface area contributed by atoms with E-state index < -0.39 is 24.3 Å². The normalized spacial score (nSPS) is 21.6. The van der Waals surface area contributed by atoms with Crippen LogP contribution in [0.1, 0.15) is 44.0 Å². The number of hydrogen-bond acceptors (Lipinski definition) is 6. The van der Waals surface area contributed by atoms with Crippen LogP contribution in [0.15, 0.2) is 24.5 Å². The van der Waals surface area contributed by atoms with E-state index in [1.165, 1.54) is 0 Å². The Balaban J connectivity index is 1.44. The highest BCUT2D eigenvalue weighted by Gasteiger charge is 2.40. The number of ether oxygens (including phenoxy) is 1. The fraction of sp³-hybridized carbons (Fsp3) is 0.474. The number of anilines is 2. The predicted octanol–water partition coefficient (Wildman–Crippen LogP) is 3.22. The van der Waals surface area contributed by atoms with Gasteiger partial charge in [-0.1, -0.05) is 0 Å². The smallest absolute Gasteiger partial charge is 0.407 e. The molecule has 0 spiro atoms. The number of alkyl halides is 1. The van der Waals surface area contributed by atoms with Gasteiger partial charge in [-0.15, -0.1) is 0 Å². The molecule has 0 bridgehead atoms. The van der Waals surface area contributed by atoms with Crippen molar-refractivity contribution in [2.45, 2.75) is 57.8 Å². The maximum Gasteiger partial charge on any atom is 0.407 e. The Morgan fingerprint density at radius 3 is 3.00 bits per heavy atom. The Kier molecular flexibility index (Phi) is 5.08. The van der Waals surface area contributed by atoms with E-state index in [-0.39, 0.29) is 6.04 Å². The van der Waals surface area contributed by atoms with Gasteiger partial charge in [-0.25, -0.2) is 18.7 Å². The third-order valence-electron chi connectivity index (χ3n) is 4.92. The molecule has 154 valence electrons. The van der Waals surface area contributed by atoms with E-state index in [2.05, 4.69) is 30.9 Å². The third-order valence-corrected chi connectivity index (χ3v) is 4.92. The highest BCUT2D eigenvalue weighted by molar-refractivity contribution is 5.72. The highest BCUT2D eigenvalue weighted by atomic mass is 19.1. The average Bonchev–Trinajstić information content (AvgIpc) is 3.34. The lowest BCUT2D eigenvalue weighted by atomic mass is 10.0. The van der Waals surface area contributed by atoms with Crippen LogP contribution in [-0.4, -0.2) is 49.2 Å². The highest BCUT2D eigenvalue weighted by Crippen LogP contribution is 2.38. The first-order valence-electron chi connectivity index (χ1n) is 9.65. The van der Waals surface area contributed by atoms with Crippen LogP contribution in [-0.2, 0) is 4.74 Å². The lowest BCUT2D eigenvalue weighted by molar-refractivity contribution is 0.0555. The van der Waals surface area contributed by atoms with Crippen LogP contribution in [0.3, 0.4) is 0 Å². The summed E-state index contributed by atoms with van der Waals surface area (Å²) in [6.45, 7) is 5.56. The Bertz CT molecular complexity index is 1020. The fourth-order valence-electron chi connectivity index (χ4n) is 3.63. The van der Waals surface area contributed by atoms with E-state index in [4.69, 9.17) is 4.74 Å². The number of carbonyl (C=O) groups excluding carboxylic acids is 1. The molecule has 1 aliphatic rings. The summed E-state index contributed by atoms with van der Waals surface area (Å²) in [6.07, 6.45) is 1.81. The molecule has 10 heteroatoms. The number of alkyl carbamates (subject to hydrolysis) is 1. The summed E-state index contributed by atoms with van der Waals surface area (Å²) in [5.41, 5.74) is 2.36. The molecule has 3 atom stereocenters. The van der Waals surface area contributed by atoms with Crippen LogP contribution in [0.4, 0.5) is 20.8 Å². The fourth-order valence-corrected chi connectivity index (χ4v) is 3.63. The van der Waals surface area contributed by atoms with Crippen molar-refractivity contribution in [3.63, 3.8) is 0 Å². The molecule has 0 aromatic carbocycles. The number of rotatable bonds is 5. The maximum absolute atomic E-state index is 14.9. The average molecular weight is 401 g/mol. The standard InChI is InChI=1S/C19H24FN7O2/c1-10(2)22-19(28)29-15-5-4-12(17(15)20)13-9-16(25-24-13)23-18-14-8-11(3)26-27(14)7-6-21-18/h6-10,12,15,17H,4-5H2,1-3H3,(H,22,28)(H2,21,23,24,25)/t12-,15-,17+/m0/s1. The lowest BCUT2D eigenvalue weighted by Gasteiger charge is -2.18. The second-order valence-corrected chi connectivity index (χ2v) is 7.60. The van der Waals surface area contributed by atoms with Crippen molar-refractivity contribution in [3.8, 4) is 0 Å². The van der Waals surface area contributed by atoms with Crippen LogP contribution in [0, 0.1) is 6.92 Å². The minimum absolute atomic E-state index is 0.0587. The molecule has 1 amide bonds. The molecule has 0 aliphatic heterocycles. The zero-order valence-corrected chi connectivity index (χ0v) is 16.5.